The molecule has 0 saturated heterocycles. The molecule has 1 heterocycles. The van der Waals surface area contributed by atoms with Crippen LogP contribution in [0, 0.1) is 5.92 Å². The third kappa shape index (κ3) is 3.75. The normalized spacial score (nSPS) is 12.8. The maximum Gasteiger partial charge on any atom is 0.263 e. The summed E-state index contributed by atoms with van der Waals surface area (Å²) >= 11 is 10.7. The van der Waals surface area contributed by atoms with Crippen LogP contribution in [0.5, 0.6) is 0 Å². The molecule has 0 aromatic carbocycles. The molecule has 0 aliphatic carbocycles. The molecule has 0 aliphatic heterocycles. The Morgan fingerprint density at radius 1 is 1.62 bits per heavy atom. The van der Waals surface area contributed by atoms with Gasteiger partial charge in [-0.15, -0.1) is 11.3 Å². The summed E-state index contributed by atoms with van der Waals surface area (Å²) in [4.78, 5) is 12.5. The summed E-state index contributed by atoms with van der Waals surface area (Å²) in [5.74, 6) is 0.347. The van der Waals surface area contributed by atoms with Crippen molar-refractivity contribution in [3.8, 4) is 0 Å². The van der Waals surface area contributed by atoms with Gasteiger partial charge in [-0.25, -0.2) is 0 Å². The quantitative estimate of drug-likeness (QED) is 0.817. The average molecular weight is 325 g/mol. The van der Waals surface area contributed by atoms with Gasteiger partial charge in [-0.2, -0.15) is 0 Å². The molecular formula is C11H15BrClNOS. The fourth-order valence-electron chi connectivity index (χ4n) is 1.38. The molecule has 0 saturated carbocycles. The number of nitrogens with one attached hydrogen (secondary N) is 1. The van der Waals surface area contributed by atoms with Crippen molar-refractivity contribution < 1.29 is 4.79 Å². The first-order valence-electron chi connectivity index (χ1n) is 5.16. The van der Waals surface area contributed by atoms with Crippen LogP contribution in [0.4, 0.5) is 0 Å². The van der Waals surface area contributed by atoms with Crippen molar-refractivity contribution >= 4 is 44.8 Å². The third-order valence-corrected chi connectivity index (χ3v) is 4.16. The van der Waals surface area contributed by atoms with E-state index in [4.69, 9.17) is 11.6 Å². The molecule has 1 N–H and O–H groups in total. The smallest absolute Gasteiger partial charge is 0.263 e. The molecule has 5 heteroatoms. The van der Waals surface area contributed by atoms with Crippen molar-refractivity contribution in [1.82, 2.24) is 5.32 Å². The second kappa shape index (κ2) is 6.62. The van der Waals surface area contributed by atoms with Gasteiger partial charge in [-0.05, 0) is 23.8 Å². The SMILES string of the molecule is CC(C)C(CCBr)NC(=O)c1sccc1Cl. The molecule has 0 aliphatic rings. The van der Waals surface area contributed by atoms with Crippen LogP contribution in [0.25, 0.3) is 0 Å². The van der Waals surface area contributed by atoms with Crippen molar-refractivity contribution in [2.24, 2.45) is 5.92 Å². The molecule has 1 aromatic rings. The average Bonchev–Trinajstić information content (AvgIpc) is 2.63. The zero-order valence-corrected chi connectivity index (χ0v) is 12.5. The van der Waals surface area contributed by atoms with Crippen molar-refractivity contribution in [1.29, 1.82) is 0 Å². The Morgan fingerprint density at radius 2 is 2.31 bits per heavy atom. The number of rotatable bonds is 5. The summed E-state index contributed by atoms with van der Waals surface area (Å²) in [5, 5.41) is 6.26. The molecule has 0 spiro atoms. The second-order valence-corrected chi connectivity index (χ2v) is 6.02. The van der Waals surface area contributed by atoms with E-state index in [9.17, 15) is 4.79 Å². The van der Waals surface area contributed by atoms with E-state index in [2.05, 4.69) is 35.1 Å². The summed E-state index contributed by atoms with van der Waals surface area (Å²) in [7, 11) is 0. The lowest BCUT2D eigenvalue weighted by molar-refractivity contribution is 0.0929. The molecular weight excluding hydrogens is 310 g/mol. The van der Waals surface area contributed by atoms with Crippen molar-refractivity contribution in [2.75, 3.05) is 5.33 Å². The summed E-state index contributed by atoms with van der Waals surface area (Å²) < 4.78 is 0. The highest BCUT2D eigenvalue weighted by molar-refractivity contribution is 9.09. The molecule has 0 bridgehead atoms. The monoisotopic (exact) mass is 323 g/mol. The van der Waals surface area contributed by atoms with Crippen LogP contribution in [0.15, 0.2) is 11.4 Å². The lowest BCUT2D eigenvalue weighted by Crippen LogP contribution is -2.38. The number of thiophene rings is 1. The van der Waals surface area contributed by atoms with E-state index in [0.29, 0.717) is 15.8 Å². The Bertz CT molecular complexity index is 354. The first-order valence-corrected chi connectivity index (χ1v) is 7.54. The van der Waals surface area contributed by atoms with Gasteiger partial charge in [0.05, 0.1) is 5.02 Å². The fraction of sp³-hybridized carbons (Fsp3) is 0.545. The molecule has 90 valence electrons. The van der Waals surface area contributed by atoms with Gasteiger partial charge in [0.2, 0.25) is 0 Å². The number of hydrogen-bond acceptors (Lipinski definition) is 2. The minimum atomic E-state index is -0.0698. The second-order valence-electron chi connectivity index (χ2n) is 3.90. The van der Waals surface area contributed by atoms with Crippen molar-refractivity contribution in [3.05, 3.63) is 21.3 Å². The topological polar surface area (TPSA) is 29.1 Å². The minimum absolute atomic E-state index is 0.0698. The van der Waals surface area contributed by atoms with Gasteiger partial charge in [-0.1, -0.05) is 41.4 Å². The van der Waals surface area contributed by atoms with E-state index in [0.717, 1.165) is 11.8 Å². The Balaban J connectivity index is 2.65. The summed E-state index contributed by atoms with van der Waals surface area (Å²) in [6, 6.07) is 1.93. The fourth-order valence-corrected chi connectivity index (χ4v) is 2.92. The van der Waals surface area contributed by atoms with Gasteiger partial charge in [0.1, 0.15) is 4.88 Å². The van der Waals surface area contributed by atoms with Crippen LogP contribution in [0.3, 0.4) is 0 Å². The van der Waals surface area contributed by atoms with Crippen molar-refractivity contribution in [2.45, 2.75) is 26.3 Å². The van der Waals surface area contributed by atoms with Gasteiger partial charge < -0.3 is 5.32 Å². The van der Waals surface area contributed by atoms with E-state index < -0.39 is 0 Å². The standard InChI is InChI=1S/C11H15BrClNOS/c1-7(2)9(3-5-12)14-11(15)10-8(13)4-6-16-10/h4,6-7,9H,3,5H2,1-2H3,(H,14,15). The van der Waals surface area contributed by atoms with Crippen LogP contribution in [0.1, 0.15) is 29.9 Å². The maximum atomic E-state index is 11.9. The zero-order valence-electron chi connectivity index (χ0n) is 9.30. The van der Waals surface area contributed by atoms with Gasteiger partial charge in [-0.3, -0.25) is 4.79 Å². The molecule has 1 atom stereocenters. The van der Waals surface area contributed by atoms with Gasteiger partial charge >= 0.3 is 0 Å². The first-order chi connectivity index (χ1) is 7.56. The highest BCUT2D eigenvalue weighted by atomic mass is 79.9. The predicted octanol–water partition coefficient (Wildman–Crippen LogP) is 3.94. The molecule has 1 aromatic heterocycles. The molecule has 1 amide bonds. The maximum absolute atomic E-state index is 11.9. The summed E-state index contributed by atoms with van der Waals surface area (Å²) in [6.07, 6.45) is 0.923. The van der Waals surface area contributed by atoms with Crippen LogP contribution in [-0.4, -0.2) is 17.3 Å². The Hall–Kier alpha value is -0.0600. The van der Waals surface area contributed by atoms with Crippen LogP contribution in [0.2, 0.25) is 5.02 Å². The van der Waals surface area contributed by atoms with E-state index in [-0.39, 0.29) is 11.9 Å². The molecule has 16 heavy (non-hydrogen) atoms. The third-order valence-electron chi connectivity index (χ3n) is 2.36. The lowest BCUT2D eigenvalue weighted by Gasteiger charge is -2.21. The van der Waals surface area contributed by atoms with Crippen LogP contribution in [-0.2, 0) is 0 Å². The minimum Gasteiger partial charge on any atom is -0.348 e. The Kier molecular flexibility index (Phi) is 5.79. The number of carbonyl (C=O) groups is 1. The molecule has 1 unspecified atom stereocenters. The van der Waals surface area contributed by atoms with E-state index in [1.165, 1.54) is 11.3 Å². The zero-order chi connectivity index (χ0) is 12.1. The molecule has 2 nitrogen and oxygen atoms in total. The molecule has 0 radical (unpaired) electrons. The number of amides is 1. The first kappa shape index (κ1) is 14.0. The van der Waals surface area contributed by atoms with Gasteiger partial charge in [0.15, 0.2) is 0 Å². The van der Waals surface area contributed by atoms with E-state index >= 15 is 0 Å². The molecule has 0 fully saturated rings. The Morgan fingerprint density at radius 3 is 2.75 bits per heavy atom. The highest BCUT2D eigenvalue weighted by Gasteiger charge is 2.18. The van der Waals surface area contributed by atoms with Crippen LogP contribution >= 0.6 is 38.9 Å². The summed E-state index contributed by atoms with van der Waals surface area (Å²) in [6.45, 7) is 4.20. The van der Waals surface area contributed by atoms with E-state index in [1.807, 2.05) is 5.38 Å². The van der Waals surface area contributed by atoms with Gasteiger partial charge in [0.25, 0.3) is 5.91 Å². The lowest BCUT2D eigenvalue weighted by atomic mass is 10.0. The number of halogens is 2. The molecule has 1 rings (SSSR count). The summed E-state index contributed by atoms with van der Waals surface area (Å²) in [5.41, 5.74) is 0. The van der Waals surface area contributed by atoms with Crippen LogP contribution < -0.4 is 5.32 Å². The van der Waals surface area contributed by atoms with E-state index in [1.54, 1.807) is 6.07 Å². The van der Waals surface area contributed by atoms with Gasteiger partial charge in [0, 0.05) is 11.4 Å². The number of hydrogen-bond donors (Lipinski definition) is 1. The number of carbonyl (C=O) groups excluding carboxylic acids is 1. The highest BCUT2D eigenvalue weighted by Crippen LogP contribution is 2.22. The largest absolute Gasteiger partial charge is 0.348 e. The Labute approximate surface area is 114 Å². The number of alkyl halides is 1. The van der Waals surface area contributed by atoms with Crippen molar-refractivity contribution in [3.63, 3.8) is 0 Å². The predicted molar refractivity (Wildman–Crippen MR) is 73.8 cm³/mol.